The molecule has 0 atom stereocenters. The fourth-order valence-corrected chi connectivity index (χ4v) is 0.576. The van der Waals surface area contributed by atoms with Gasteiger partial charge in [-0.15, -0.1) is 10.2 Å². The van der Waals surface area contributed by atoms with Crippen LogP contribution in [-0.2, 0) is 0 Å². The number of aromatic nitrogens is 3. The number of nitrogens with zero attached hydrogens (tertiary/aromatic N) is 3. The minimum atomic E-state index is -1.46. The highest BCUT2D eigenvalue weighted by Gasteiger charge is 2.18. The van der Waals surface area contributed by atoms with Crippen molar-refractivity contribution in [3.05, 3.63) is 17.7 Å². The summed E-state index contributed by atoms with van der Waals surface area (Å²) < 4.78 is 0. The Bertz CT molecular complexity index is 304. The highest BCUT2D eigenvalue weighted by atomic mass is 16.4. The Labute approximate surface area is 65.7 Å². The third-order valence-electron chi connectivity index (χ3n) is 1.03. The predicted molar refractivity (Wildman–Crippen MR) is 33.7 cm³/mol. The van der Waals surface area contributed by atoms with E-state index in [1.54, 1.807) is 0 Å². The Balaban J connectivity index is 3.27. The smallest absolute Gasteiger partial charge is 0.358 e. The highest BCUT2D eigenvalue weighted by molar-refractivity contribution is 5.98. The van der Waals surface area contributed by atoms with Crippen molar-refractivity contribution < 1.29 is 19.8 Å². The summed E-state index contributed by atoms with van der Waals surface area (Å²) in [5.74, 6) is -2.91. The average Bonchev–Trinajstić information content (AvgIpc) is 2.04. The molecule has 0 bridgehead atoms. The number of carboxylic acids is 2. The normalized spacial score (nSPS) is 9.33. The largest absolute Gasteiger partial charge is 0.476 e. The molecule has 0 aliphatic carbocycles. The monoisotopic (exact) mass is 169 g/mol. The molecule has 0 aromatic carbocycles. The Morgan fingerprint density at radius 2 is 1.75 bits per heavy atom. The maximum Gasteiger partial charge on any atom is 0.358 e. The Kier molecular flexibility index (Phi) is 1.95. The maximum absolute atomic E-state index is 10.3. The number of carbonyl (C=O) groups is 2. The molecule has 1 aromatic rings. The van der Waals surface area contributed by atoms with Gasteiger partial charge in [0.2, 0.25) is 5.69 Å². The lowest BCUT2D eigenvalue weighted by atomic mass is 10.3. The molecule has 0 unspecified atom stereocenters. The first-order valence-corrected chi connectivity index (χ1v) is 2.77. The van der Waals surface area contributed by atoms with E-state index in [4.69, 9.17) is 10.2 Å². The van der Waals surface area contributed by atoms with Gasteiger partial charge in [-0.3, -0.25) is 0 Å². The van der Waals surface area contributed by atoms with Crippen molar-refractivity contribution in [2.24, 2.45) is 0 Å². The van der Waals surface area contributed by atoms with Crippen molar-refractivity contribution in [2.45, 2.75) is 0 Å². The predicted octanol–water partition coefficient (Wildman–Crippen LogP) is -0.732. The Hall–Kier alpha value is -2.05. The molecule has 0 amide bonds. The number of hydrogen-bond acceptors (Lipinski definition) is 5. The molecule has 1 rings (SSSR count). The summed E-state index contributed by atoms with van der Waals surface area (Å²) in [5.41, 5.74) is -1.28. The van der Waals surface area contributed by atoms with Crippen molar-refractivity contribution in [2.75, 3.05) is 0 Å². The minimum Gasteiger partial charge on any atom is -0.476 e. The van der Waals surface area contributed by atoms with Gasteiger partial charge in [0.1, 0.15) is 6.33 Å². The lowest BCUT2D eigenvalue weighted by molar-refractivity contribution is 0.0639. The molecule has 62 valence electrons. The molecular formula is C5H3N3O4. The van der Waals surface area contributed by atoms with Gasteiger partial charge in [-0.25, -0.2) is 14.6 Å². The molecular weight excluding hydrogens is 166 g/mol. The van der Waals surface area contributed by atoms with Gasteiger partial charge in [-0.1, -0.05) is 0 Å². The van der Waals surface area contributed by atoms with E-state index in [0.717, 1.165) is 6.33 Å². The summed E-state index contributed by atoms with van der Waals surface area (Å²) in [6.07, 6.45) is 0.871. The summed E-state index contributed by atoms with van der Waals surface area (Å²) in [5, 5.41) is 23.1. The standard InChI is InChI=1S/C5H3N3O4/c9-4(10)2-3(5(11)12)8-7-1-6-2/h1H,(H,9,10)(H,11,12). The summed E-state index contributed by atoms with van der Waals surface area (Å²) in [6.45, 7) is 0. The van der Waals surface area contributed by atoms with Gasteiger partial charge in [0.15, 0.2) is 5.69 Å². The van der Waals surface area contributed by atoms with Gasteiger partial charge in [0, 0.05) is 0 Å². The van der Waals surface area contributed by atoms with Crippen molar-refractivity contribution in [3.63, 3.8) is 0 Å². The van der Waals surface area contributed by atoms with Crippen LogP contribution in [0.4, 0.5) is 0 Å². The molecule has 2 N–H and O–H groups in total. The molecule has 0 spiro atoms. The minimum absolute atomic E-state index is 0.613. The molecule has 0 fully saturated rings. The quantitative estimate of drug-likeness (QED) is 0.599. The highest BCUT2D eigenvalue weighted by Crippen LogP contribution is 1.98. The van der Waals surface area contributed by atoms with E-state index >= 15 is 0 Å². The third kappa shape index (κ3) is 1.34. The molecule has 0 saturated carbocycles. The van der Waals surface area contributed by atoms with Crippen molar-refractivity contribution in [3.8, 4) is 0 Å². The van der Waals surface area contributed by atoms with Crippen LogP contribution in [0.3, 0.4) is 0 Å². The maximum atomic E-state index is 10.3. The SMILES string of the molecule is O=C(O)c1ncnnc1C(=O)O. The lowest BCUT2D eigenvalue weighted by Crippen LogP contribution is -2.13. The number of aromatic carboxylic acids is 2. The van der Waals surface area contributed by atoms with Gasteiger partial charge in [0.05, 0.1) is 0 Å². The van der Waals surface area contributed by atoms with E-state index in [1.165, 1.54) is 0 Å². The van der Waals surface area contributed by atoms with Crippen LogP contribution in [0.5, 0.6) is 0 Å². The van der Waals surface area contributed by atoms with Gasteiger partial charge in [-0.05, 0) is 0 Å². The molecule has 7 nitrogen and oxygen atoms in total. The second-order valence-electron chi connectivity index (χ2n) is 1.77. The molecule has 1 aromatic heterocycles. The third-order valence-corrected chi connectivity index (χ3v) is 1.03. The van der Waals surface area contributed by atoms with E-state index in [-0.39, 0.29) is 0 Å². The van der Waals surface area contributed by atoms with E-state index in [2.05, 4.69) is 15.2 Å². The second kappa shape index (κ2) is 2.91. The van der Waals surface area contributed by atoms with Gasteiger partial charge < -0.3 is 10.2 Å². The zero-order valence-electron chi connectivity index (χ0n) is 5.63. The molecule has 12 heavy (non-hydrogen) atoms. The Morgan fingerprint density at radius 1 is 1.17 bits per heavy atom. The lowest BCUT2D eigenvalue weighted by Gasteiger charge is -1.94. The summed E-state index contributed by atoms with van der Waals surface area (Å²) in [4.78, 5) is 23.9. The number of carboxylic acid groups (broad SMARTS) is 2. The van der Waals surface area contributed by atoms with Gasteiger partial charge in [-0.2, -0.15) is 0 Å². The fraction of sp³-hybridized carbons (Fsp3) is 0. The first kappa shape index (κ1) is 8.05. The van der Waals surface area contributed by atoms with Crippen LogP contribution in [-0.4, -0.2) is 37.3 Å². The fourth-order valence-electron chi connectivity index (χ4n) is 0.576. The molecule has 1 heterocycles. The topological polar surface area (TPSA) is 113 Å². The average molecular weight is 169 g/mol. The van der Waals surface area contributed by atoms with Crippen LogP contribution >= 0.6 is 0 Å². The summed E-state index contributed by atoms with van der Waals surface area (Å²) in [7, 11) is 0. The molecule has 7 heteroatoms. The zero-order valence-corrected chi connectivity index (χ0v) is 5.63. The van der Waals surface area contributed by atoms with Gasteiger partial charge in [0.25, 0.3) is 0 Å². The first-order valence-electron chi connectivity index (χ1n) is 2.77. The zero-order chi connectivity index (χ0) is 9.14. The van der Waals surface area contributed by atoms with Crippen LogP contribution < -0.4 is 0 Å². The number of rotatable bonds is 2. The van der Waals surface area contributed by atoms with Crippen LogP contribution in [0.2, 0.25) is 0 Å². The van der Waals surface area contributed by atoms with E-state index < -0.39 is 23.3 Å². The first-order chi connectivity index (χ1) is 5.63. The molecule has 0 aliphatic rings. The van der Waals surface area contributed by atoms with Crippen molar-refractivity contribution in [1.29, 1.82) is 0 Å². The Morgan fingerprint density at radius 3 is 2.17 bits per heavy atom. The van der Waals surface area contributed by atoms with Gasteiger partial charge >= 0.3 is 11.9 Å². The molecule has 0 radical (unpaired) electrons. The number of hydrogen-bond donors (Lipinski definition) is 2. The van der Waals surface area contributed by atoms with Crippen molar-refractivity contribution >= 4 is 11.9 Å². The van der Waals surface area contributed by atoms with Crippen molar-refractivity contribution in [1.82, 2.24) is 15.2 Å². The summed E-state index contributed by atoms with van der Waals surface area (Å²) >= 11 is 0. The van der Waals surface area contributed by atoms with Crippen LogP contribution in [0.25, 0.3) is 0 Å². The van der Waals surface area contributed by atoms with E-state index in [9.17, 15) is 9.59 Å². The van der Waals surface area contributed by atoms with E-state index in [1.807, 2.05) is 0 Å². The summed E-state index contributed by atoms with van der Waals surface area (Å²) in [6, 6.07) is 0. The second-order valence-corrected chi connectivity index (χ2v) is 1.77. The molecule has 0 aliphatic heterocycles. The van der Waals surface area contributed by atoms with Crippen LogP contribution in [0, 0.1) is 0 Å². The van der Waals surface area contributed by atoms with E-state index in [0.29, 0.717) is 0 Å². The molecule has 0 saturated heterocycles. The van der Waals surface area contributed by atoms with Crippen LogP contribution in [0.1, 0.15) is 21.0 Å². The van der Waals surface area contributed by atoms with Crippen LogP contribution in [0.15, 0.2) is 6.33 Å².